The van der Waals surface area contributed by atoms with E-state index in [1.807, 2.05) is 33.0 Å². The van der Waals surface area contributed by atoms with Gasteiger partial charge in [0.05, 0.1) is 29.7 Å². The van der Waals surface area contributed by atoms with Crippen LogP contribution in [0.15, 0.2) is 12.1 Å². The van der Waals surface area contributed by atoms with Crippen molar-refractivity contribution >= 4 is 17.3 Å². The highest BCUT2D eigenvalue weighted by molar-refractivity contribution is 6.18. The molecule has 2 heterocycles. The van der Waals surface area contributed by atoms with Crippen LogP contribution in [0.1, 0.15) is 82.8 Å². The first kappa shape index (κ1) is 22.3. The zero-order valence-electron chi connectivity index (χ0n) is 20.5. The van der Waals surface area contributed by atoms with Crippen molar-refractivity contribution in [3.8, 4) is 11.8 Å². The molecule has 3 saturated carbocycles. The molecule has 2 saturated heterocycles. The maximum absolute atomic E-state index is 14.2. The normalized spacial score (nSPS) is 32.4. The molecule has 6 rings (SSSR count). The lowest BCUT2D eigenvalue weighted by Crippen LogP contribution is -2.67. The predicted octanol–water partition coefficient (Wildman–Crippen LogP) is 5.08. The van der Waals surface area contributed by atoms with Gasteiger partial charge in [0.1, 0.15) is 5.75 Å². The maximum Gasteiger partial charge on any atom is 0.234 e. The van der Waals surface area contributed by atoms with Crippen molar-refractivity contribution in [1.29, 1.82) is 10.7 Å². The van der Waals surface area contributed by atoms with E-state index in [0.29, 0.717) is 11.6 Å². The average Bonchev–Trinajstić information content (AvgIpc) is 3.61. The van der Waals surface area contributed by atoms with Crippen molar-refractivity contribution in [1.82, 2.24) is 4.90 Å². The minimum absolute atomic E-state index is 0.0320. The number of nitrogens with zero attached hydrogens (tertiary/aromatic N) is 2. The Hall–Kier alpha value is -2.55. The second-order valence-electron chi connectivity index (χ2n) is 11.8. The lowest BCUT2D eigenvalue weighted by Gasteiger charge is -2.64. The smallest absolute Gasteiger partial charge is 0.234 e. The number of benzene rings is 1. The molecule has 6 heteroatoms. The Bertz CT molecular complexity index is 1050. The molecule has 4 bridgehead atoms. The number of carbonyl (C=O) groups excluding carboxylic acids is 1. The van der Waals surface area contributed by atoms with Crippen LogP contribution in [0.3, 0.4) is 0 Å². The summed E-state index contributed by atoms with van der Waals surface area (Å²) in [5, 5.41) is 22.5. The third kappa shape index (κ3) is 3.26. The predicted molar refractivity (Wildman–Crippen MR) is 129 cm³/mol. The third-order valence-corrected chi connectivity index (χ3v) is 8.82. The van der Waals surface area contributed by atoms with Gasteiger partial charge in [-0.25, -0.2) is 0 Å². The molecule has 5 fully saturated rings. The number of carbonyl (C=O) groups is 1. The fourth-order valence-electron chi connectivity index (χ4n) is 7.39. The molecule has 0 aromatic heterocycles. The van der Waals surface area contributed by atoms with Gasteiger partial charge >= 0.3 is 0 Å². The number of piperidine rings is 2. The van der Waals surface area contributed by atoms with Crippen LogP contribution in [0.2, 0.25) is 0 Å². The number of hydrogen-bond acceptors (Lipinski definition) is 5. The number of amides is 1. The number of anilines is 1. The molecule has 5 aliphatic rings. The van der Waals surface area contributed by atoms with Gasteiger partial charge in [-0.1, -0.05) is 6.92 Å². The third-order valence-electron chi connectivity index (χ3n) is 8.82. The zero-order chi connectivity index (χ0) is 23.8. The highest BCUT2D eigenvalue weighted by atomic mass is 16.5. The maximum atomic E-state index is 14.2. The molecule has 2 atom stereocenters. The summed E-state index contributed by atoms with van der Waals surface area (Å²) in [5.74, 6) is 1.22. The highest BCUT2D eigenvalue weighted by Crippen LogP contribution is 2.62. The van der Waals surface area contributed by atoms with E-state index in [4.69, 9.17) is 4.74 Å². The number of nitriles is 1. The van der Waals surface area contributed by atoms with Gasteiger partial charge in [-0.15, -0.1) is 0 Å². The lowest BCUT2D eigenvalue weighted by atomic mass is 9.50. The van der Waals surface area contributed by atoms with E-state index < -0.39 is 5.41 Å². The van der Waals surface area contributed by atoms with Gasteiger partial charge in [-0.05, 0) is 82.3 Å². The average molecular weight is 449 g/mol. The molecule has 0 radical (unpaired) electrons. The molecule has 0 spiro atoms. The van der Waals surface area contributed by atoms with Gasteiger partial charge in [-0.3, -0.25) is 4.79 Å². The van der Waals surface area contributed by atoms with Crippen LogP contribution in [0.25, 0.3) is 0 Å². The Morgan fingerprint density at radius 3 is 2.39 bits per heavy atom. The van der Waals surface area contributed by atoms with Crippen molar-refractivity contribution in [2.75, 3.05) is 19.5 Å². The summed E-state index contributed by atoms with van der Waals surface area (Å²) in [7, 11) is 3.54. The minimum Gasteiger partial charge on any atom is -0.496 e. The van der Waals surface area contributed by atoms with Crippen LogP contribution in [0.5, 0.6) is 5.75 Å². The summed E-state index contributed by atoms with van der Waals surface area (Å²) in [6, 6.07) is 6.76. The Morgan fingerprint density at radius 1 is 1.24 bits per heavy atom. The first-order chi connectivity index (χ1) is 15.6. The summed E-state index contributed by atoms with van der Waals surface area (Å²) < 4.78 is 5.69. The van der Waals surface area contributed by atoms with Crippen LogP contribution in [-0.4, -0.2) is 42.8 Å². The van der Waals surface area contributed by atoms with E-state index >= 15 is 0 Å². The second-order valence-corrected chi connectivity index (χ2v) is 11.8. The molecule has 2 N–H and O–H groups in total. The fraction of sp³-hybridized carbons (Fsp3) is 0.667. The molecule has 2 aliphatic heterocycles. The number of nitrogens with one attached hydrogen (secondary N) is 2. The van der Waals surface area contributed by atoms with E-state index in [-0.39, 0.29) is 28.8 Å². The van der Waals surface area contributed by atoms with Crippen molar-refractivity contribution in [3.05, 3.63) is 23.3 Å². The van der Waals surface area contributed by atoms with Crippen LogP contribution in [-0.2, 0) is 4.79 Å². The van der Waals surface area contributed by atoms with E-state index in [1.165, 1.54) is 0 Å². The van der Waals surface area contributed by atoms with Gasteiger partial charge in [-0.2, -0.15) is 5.26 Å². The van der Waals surface area contributed by atoms with Crippen molar-refractivity contribution in [2.24, 2.45) is 16.2 Å². The molecule has 1 amide bonds. The zero-order valence-corrected chi connectivity index (χ0v) is 20.5. The van der Waals surface area contributed by atoms with Crippen LogP contribution in [0.4, 0.5) is 5.69 Å². The Kier molecular flexibility index (Phi) is 4.87. The summed E-state index contributed by atoms with van der Waals surface area (Å²) in [5.41, 5.74) is 2.01. The SMILES string of the molecule is CNc1ccc(OC)c(C2CC2)c1C(=N)C(C)(C)C(=O)N1C2CC3(C)CC1CC(C#N)(C2)C3. The summed E-state index contributed by atoms with van der Waals surface area (Å²) >= 11 is 0. The molecule has 1 aromatic rings. The summed E-state index contributed by atoms with van der Waals surface area (Å²) in [6.07, 6.45) is 6.63. The lowest BCUT2D eigenvalue weighted by molar-refractivity contribution is -0.168. The molecule has 1 aromatic carbocycles. The Balaban J connectivity index is 1.51. The van der Waals surface area contributed by atoms with Gasteiger partial charge in [0.2, 0.25) is 5.91 Å². The van der Waals surface area contributed by atoms with Crippen LogP contribution >= 0.6 is 0 Å². The summed E-state index contributed by atoms with van der Waals surface area (Å²) in [6.45, 7) is 6.10. The largest absolute Gasteiger partial charge is 0.496 e. The van der Waals surface area contributed by atoms with Crippen molar-refractivity contribution < 1.29 is 9.53 Å². The first-order valence-electron chi connectivity index (χ1n) is 12.3. The van der Waals surface area contributed by atoms with Crippen molar-refractivity contribution in [2.45, 2.75) is 83.7 Å². The monoisotopic (exact) mass is 448 g/mol. The highest BCUT2D eigenvalue weighted by Gasteiger charge is 2.61. The number of rotatable bonds is 6. The molecular weight excluding hydrogens is 412 g/mol. The van der Waals surface area contributed by atoms with Gasteiger partial charge < -0.3 is 20.4 Å². The Morgan fingerprint density at radius 2 is 1.88 bits per heavy atom. The fourth-order valence-corrected chi connectivity index (χ4v) is 7.39. The standard InChI is InChI=1S/C27H36N4O2/c1-25(2,23(29)22-19(30-4)8-9-20(33-5)21(22)16-6-7-16)24(32)31-17-10-26(3)11-18(31)13-27(12-17,14-26)15-28/h8-9,16-18,29-30H,6-7,10-14H2,1-5H3. The van der Waals surface area contributed by atoms with Gasteiger partial charge in [0.15, 0.2) is 0 Å². The topological polar surface area (TPSA) is 89.2 Å². The second kappa shape index (κ2) is 7.22. The minimum atomic E-state index is -0.975. The molecule has 3 aliphatic carbocycles. The quantitative estimate of drug-likeness (QED) is 0.594. The number of ether oxygens (including phenoxy) is 1. The van der Waals surface area contributed by atoms with Crippen LogP contribution in [0, 0.1) is 33.0 Å². The van der Waals surface area contributed by atoms with E-state index in [0.717, 1.165) is 67.5 Å². The number of hydrogen-bond donors (Lipinski definition) is 2. The van der Waals surface area contributed by atoms with E-state index in [2.05, 4.69) is 23.2 Å². The Labute approximate surface area is 197 Å². The number of methoxy groups -OCH3 is 1. The molecule has 176 valence electrons. The van der Waals surface area contributed by atoms with Crippen molar-refractivity contribution in [3.63, 3.8) is 0 Å². The van der Waals surface area contributed by atoms with E-state index in [1.54, 1.807) is 7.11 Å². The van der Waals surface area contributed by atoms with E-state index in [9.17, 15) is 15.5 Å². The molecule has 33 heavy (non-hydrogen) atoms. The van der Waals surface area contributed by atoms with Gasteiger partial charge in [0, 0.05) is 35.9 Å². The molecule has 2 unspecified atom stereocenters. The molecular formula is C27H36N4O2. The van der Waals surface area contributed by atoms with Gasteiger partial charge in [0.25, 0.3) is 0 Å². The first-order valence-corrected chi connectivity index (χ1v) is 12.3. The molecule has 6 nitrogen and oxygen atoms in total. The summed E-state index contributed by atoms with van der Waals surface area (Å²) in [4.78, 5) is 16.3. The van der Waals surface area contributed by atoms with Crippen LogP contribution < -0.4 is 10.1 Å².